The van der Waals surface area contributed by atoms with E-state index in [-0.39, 0.29) is 0 Å². The van der Waals surface area contributed by atoms with Crippen LogP contribution in [0.3, 0.4) is 0 Å². The molecule has 0 fully saturated rings. The summed E-state index contributed by atoms with van der Waals surface area (Å²) in [5.74, 6) is 0. The minimum absolute atomic E-state index is 0.592. The van der Waals surface area contributed by atoms with E-state index >= 15 is 0 Å². The van der Waals surface area contributed by atoms with Crippen molar-refractivity contribution < 1.29 is 0 Å². The maximum atomic E-state index is 2.34. The summed E-state index contributed by atoms with van der Waals surface area (Å²) in [5.41, 5.74) is 0. The molecule has 0 aliphatic heterocycles. The number of hydrogen-bond acceptors (Lipinski definition) is 0. The van der Waals surface area contributed by atoms with E-state index in [1.807, 2.05) is 0 Å². The Morgan fingerprint density at radius 2 is 1.82 bits per heavy atom. The van der Waals surface area contributed by atoms with Crippen LogP contribution in [0.1, 0.15) is 4.44 Å². The van der Waals surface area contributed by atoms with Gasteiger partial charge in [0.05, 0.1) is 0 Å². The second-order valence-electron chi connectivity index (χ2n) is 2.62. The average Bonchev–Trinajstić information content (AvgIpc) is 2.04. The minimum atomic E-state index is 0.592. The molecule has 0 amide bonds. The van der Waals surface area contributed by atoms with Gasteiger partial charge in [-0.3, -0.25) is 0 Å². The Labute approximate surface area is 72.2 Å². The molecule has 0 bridgehead atoms. The Balaban J connectivity index is 2.83. The van der Waals surface area contributed by atoms with Gasteiger partial charge in [-0.05, 0) is 0 Å². The normalized spacial score (nSPS) is 10.3. The van der Waals surface area contributed by atoms with Crippen LogP contribution in [0.4, 0.5) is 0 Å². The van der Waals surface area contributed by atoms with Crippen LogP contribution >= 0.6 is 0 Å². The third-order valence-electron chi connectivity index (χ3n) is 1.73. The summed E-state index contributed by atoms with van der Waals surface area (Å²) >= 11 is 0.592. The molecule has 1 aromatic carbocycles. The van der Waals surface area contributed by atoms with Gasteiger partial charge in [0.15, 0.2) is 0 Å². The third-order valence-corrected chi connectivity index (χ3v) is 3.53. The predicted octanol–water partition coefficient (Wildman–Crippen LogP) is 2.49. The van der Waals surface area contributed by atoms with Gasteiger partial charge >= 0.3 is 71.9 Å². The van der Waals surface area contributed by atoms with Gasteiger partial charge in [0.25, 0.3) is 0 Å². The molecular formula is C10H9Se+. The fourth-order valence-electron chi connectivity index (χ4n) is 1.16. The molecule has 0 radical (unpaired) electrons. The van der Waals surface area contributed by atoms with Crippen LogP contribution in [0, 0.1) is 6.92 Å². The number of fused-ring (bicyclic) bond motifs is 1. The third kappa shape index (κ3) is 1.35. The van der Waals surface area contributed by atoms with Crippen LogP contribution in [0.2, 0.25) is 0 Å². The van der Waals surface area contributed by atoms with Gasteiger partial charge < -0.3 is 0 Å². The van der Waals surface area contributed by atoms with Gasteiger partial charge in [0, 0.05) is 0 Å². The second-order valence-corrected chi connectivity index (χ2v) is 4.96. The molecular weight excluding hydrogens is 199 g/mol. The molecule has 2 rings (SSSR count). The number of aryl methyl sites for hydroxylation is 1. The molecule has 0 saturated heterocycles. The summed E-state index contributed by atoms with van der Waals surface area (Å²) in [7, 11) is 0. The van der Waals surface area contributed by atoms with Crippen molar-refractivity contribution in [2.75, 3.05) is 0 Å². The van der Waals surface area contributed by atoms with Gasteiger partial charge in [-0.15, -0.1) is 0 Å². The fourth-order valence-corrected chi connectivity index (χ4v) is 2.68. The van der Waals surface area contributed by atoms with E-state index in [9.17, 15) is 0 Å². The Hall–Kier alpha value is -0.651. The first-order valence-corrected chi connectivity index (χ1v) is 5.48. The van der Waals surface area contributed by atoms with Gasteiger partial charge in [-0.1, -0.05) is 0 Å². The first-order chi connectivity index (χ1) is 5.36. The zero-order chi connectivity index (χ0) is 7.68. The van der Waals surface area contributed by atoms with Crippen LogP contribution < -0.4 is 0 Å². The van der Waals surface area contributed by atoms with Gasteiger partial charge in [0.1, 0.15) is 0 Å². The standard InChI is InChI=1S/C10H9Se/c1-8-6-9-4-2-3-5-10(9)7-11-8/h2-7H,1H3/q+1. The van der Waals surface area contributed by atoms with Gasteiger partial charge in [-0.2, -0.15) is 0 Å². The molecule has 1 heteroatoms. The Morgan fingerprint density at radius 3 is 2.64 bits per heavy atom. The van der Waals surface area contributed by atoms with Gasteiger partial charge in [0.2, 0.25) is 0 Å². The van der Waals surface area contributed by atoms with Crippen molar-refractivity contribution in [1.82, 2.24) is 0 Å². The second kappa shape index (κ2) is 2.77. The SMILES string of the molecule is Cc1cc2ccccc2c[se+]1. The van der Waals surface area contributed by atoms with Crippen molar-refractivity contribution in [2.24, 2.45) is 0 Å². The van der Waals surface area contributed by atoms with Crippen LogP contribution in [0.15, 0.2) is 35.3 Å². The van der Waals surface area contributed by atoms with Crippen molar-refractivity contribution in [2.45, 2.75) is 6.92 Å². The van der Waals surface area contributed by atoms with E-state index < -0.39 is 0 Å². The zero-order valence-electron chi connectivity index (χ0n) is 6.37. The average molecular weight is 208 g/mol. The summed E-state index contributed by atoms with van der Waals surface area (Å²) in [6.07, 6.45) is 0. The summed E-state index contributed by atoms with van der Waals surface area (Å²) in [5, 5.41) is 2.77. The van der Waals surface area contributed by atoms with E-state index in [4.69, 9.17) is 0 Å². The molecule has 54 valence electrons. The molecule has 0 spiro atoms. The van der Waals surface area contributed by atoms with Crippen LogP contribution in [-0.2, 0) is 0 Å². The molecule has 0 aliphatic carbocycles. The Bertz CT molecular complexity index is 379. The molecule has 2 aromatic rings. The van der Waals surface area contributed by atoms with Crippen LogP contribution in [0.5, 0.6) is 0 Å². The van der Waals surface area contributed by atoms with Crippen molar-refractivity contribution in [3.8, 4) is 0 Å². The maximum absolute atomic E-state index is 2.34. The molecule has 1 heterocycles. The monoisotopic (exact) mass is 209 g/mol. The Kier molecular flexibility index (Phi) is 1.77. The van der Waals surface area contributed by atoms with Crippen molar-refractivity contribution in [3.63, 3.8) is 0 Å². The molecule has 1 aromatic heterocycles. The van der Waals surface area contributed by atoms with Crippen molar-refractivity contribution >= 4 is 25.3 Å². The zero-order valence-corrected chi connectivity index (χ0v) is 8.09. The summed E-state index contributed by atoms with van der Waals surface area (Å²) in [6, 6.07) is 10.8. The topological polar surface area (TPSA) is 0 Å². The quantitative estimate of drug-likeness (QED) is 0.583. The van der Waals surface area contributed by atoms with E-state index in [1.54, 1.807) is 0 Å². The molecule has 0 saturated carbocycles. The summed E-state index contributed by atoms with van der Waals surface area (Å²) < 4.78 is 1.51. The van der Waals surface area contributed by atoms with Crippen molar-refractivity contribution in [1.29, 1.82) is 0 Å². The number of hydrogen-bond donors (Lipinski definition) is 0. The van der Waals surface area contributed by atoms with Crippen molar-refractivity contribution in [3.05, 3.63) is 39.7 Å². The number of benzene rings is 1. The predicted molar refractivity (Wildman–Crippen MR) is 50.0 cm³/mol. The molecule has 11 heavy (non-hydrogen) atoms. The van der Waals surface area contributed by atoms with E-state index in [0.717, 1.165) is 0 Å². The van der Waals surface area contributed by atoms with Crippen LogP contribution in [0.25, 0.3) is 10.8 Å². The van der Waals surface area contributed by atoms with Crippen LogP contribution in [-0.4, -0.2) is 14.5 Å². The van der Waals surface area contributed by atoms with E-state index in [0.29, 0.717) is 14.5 Å². The Morgan fingerprint density at radius 1 is 1.09 bits per heavy atom. The van der Waals surface area contributed by atoms with Gasteiger partial charge in [-0.25, -0.2) is 0 Å². The molecule has 0 atom stereocenters. The summed E-state index contributed by atoms with van der Waals surface area (Å²) in [6.45, 7) is 2.20. The molecule has 0 unspecified atom stereocenters. The van der Waals surface area contributed by atoms with E-state index in [1.165, 1.54) is 15.2 Å². The first kappa shape index (κ1) is 7.02. The van der Waals surface area contributed by atoms with E-state index in [2.05, 4.69) is 42.2 Å². The first-order valence-electron chi connectivity index (χ1n) is 3.63. The number of rotatable bonds is 0. The molecule has 0 nitrogen and oxygen atoms in total. The molecule has 0 N–H and O–H groups in total. The summed E-state index contributed by atoms with van der Waals surface area (Å²) in [4.78, 5) is 2.34. The molecule has 0 aliphatic rings. The fraction of sp³-hybridized carbons (Fsp3) is 0.100.